The van der Waals surface area contributed by atoms with E-state index in [1.165, 1.54) is 22.0 Å². The first-order chi connectivity index (χ1) is 12.4. The maximum absolute atomic E-state index is 11.7. The quantitative estimate of drug-likeness (QED) is 0.359. The molecule has 1 saturated carbocycles. The summed E-state index contributed by atoms with van der Waals surface area (Å²) in [6.45, 7) is 3.73. The number of aliphatic imine (C=N–C) groups is 1. The second kappa shape index (κ2) is 9.62. The van der Waals surface area contributed by atoms with E-state index in [1.54, 1.807) is 21.0 Å². The van der Waals surface area contributed by atoms with Gasteiger partial charge in [0.25, 0.3) is 0 Å². The topological polar surface area (TPSA) is 73.8 Å². The van der Waals surface area contributed by atoms with Crippen molar-refractivity contribution in [3.63, 3.8) is 0 Å². The van der Waals surface area contributed by atoms with Crippen LogP contribution in [0.15, 0.2) is 40.2 Å². The summed E-state index contributed by atoms with van der Waals surface area (Å²) in [7, 11) is 0.287. The molecule has 0 aliphatic heterocycles. The van der Waals surface area contributed by atoms with Crippen molar-refractivity contribution < 1.29 is 8.42 Å². The highest BCUT2D eigenvalue weighted by Gasteiger charge is 2.43. The van der Waals surface area contributed by atoms with Crippen LogP contribution in [0.1, 0.15) is 26.2 Å². The lowest BCUT2D eigenvalue weighted by molar-refractivity contribution is 0.461. The van der Waals surface area contributed by atoms with Gasteiger partial charge in [-0.1, -0.05) is 18.2 Å². The monoisotopic (exact) mass is 398 g/mol. The van der Waals surface area contributed by atoms with Gasteiger partial charge in [0.1, 0.15) is 0 Å². The van der Waals surface area contributed by atoms with Gasteiger partial charge in [0.05, 0.1) is 5.75 Å². The normalized spacial score (nSPS) is 16.5. The van der Waals surface area contributed by atoms with Crippen LogP contribution in [-0.4, -0.2) is 62.9 Å². The second-order valence-corrected chi connectivity index (χ2v) is 10.4. The molecule has 2 rings (SSSR count). The minimum absolute atomic E-state index is 0.140. The molecule has 0 aromatic heterocycles. The Bertz CT molecular complexity index is 688. The van der Waals surface area contributed by atoms with Crippen molar-refractivity contribution in [2.75, 3.05) is 39.5 Å². The van der Waals surface area contributed by atoms with E-state index in [0.717, 1.165) is 18.9 Å². The standard InChI is InChI=1S/C18H30N4O2S2/c1-4-26(23,24)22(3)14-8-13-20-17(19-2)21-15-18(11-12-18)25-16-9-6-5-7-10-16/h5-7,9-10H,4,8,11-15H2,1-3H3,(H2,19,20,21). The third kappa shape index (κ3) is 6.48. The molecule has 1 aromatic carbocycles. The van der Waals surface area contributed by atoms with Crippen molar-refractivity contribution in [3.8, 4) is 0 Å². The molecule has 0 amide bonds. The van der Waals surface area contributed by atoms with Crippen LogP contribution in [0.4, 0.5) is 0 Å². The minimum atomic E-state index is -3.10. The summed E-state index contributed by atoms with van der Waals surface area (Å²) in [6, 6.07) is 10.5. The fourth-order valence-electron chi connectivity index (χ4n) is 2.53. The van der Waals surface area contributed by atoms with Gasteiger partial charge in [-0.3, -0.25) is 4.99 Å². The van der Waals surface area contributed by atoms with Crippen molar-refractivity contribution in [1.29, 1.82) is 0 Å². The largest absolute Gasteiger partial charge is 0.356 e. The molecule has 0 radical (unpaired) electrons. The molecule has 6 nitrogen and oxygen atoms in total. The summed E-state index contributed by atoms with van der Waals surface area (Å²) >= 11 is 1.93. The fraction of sp³-hybridized carbons (Fsp3) is 0.611. The molecule has 146 valence electrons. The van der Waals surface area contributed by atoms with Crippen molar-refractivity contribution in [2.45, 2.75) is 35.8 Å². The molecule has 2 N–H and O–H groups in total. The molecule has 1 fully saturated rings. The molecule has 1 aliphatic rings. The Balaban J connectivity index is 1.70. The summed E-state index contributed by atoms with van der Waals surface area (Å²) in [5, 5.41) is 6.67. The second-order valence-electron chi connectivity index (χ2n) is 6.53. The average Bonchev–Trinajstić information content (AvgIpc) is 3.41. The van der Waals surface area contributed by atoms with Crippen molar-refractivity contribution >= 4 is 27.7 Å². The SMILES string of the molecule is CCS(=O)(=O)N(C)CCCNC(=NC)NCC1(Sc2ccccc2)CC1. The highest BCUT2D eigenvalue weighted by molar-refractivity contribution is 8.01. The molecule has 0 saturated heterocycles. The molecule has 0 bridgehead atoms. The number of nitrogens with one attached hydrogen (secondary N) is 2. The Hall–Kier alpha value is -1.25. The van der Waals surface area contributed by atoms with E-state index in [2.05, 4.69) is 39.9 Å². The zero-order chi connectivity index (χ0) is 19.0. The summed E-state index contributed by atoms with van der Waals surface area (Å²) in [5.74, 6) is 0.910. The number of guanidine groups is 1. The minimum Gasteiger partial charge on any atom is -0.356 e. The van der Waals surface area contributed by atoms with Crippen molar-refractivity contribution in [2.24, 2.45) is 4.99 Å². The van der Waals surface area contributed by atoms with E-state index in [1.807, 2.05) is 17.8 Å². The van der Waals surface area contributed by atoms with Gasteiger partial charge in [-0.2, -0.15) is 0 Å². The molecular weight excluding hydrogens is 368 g/mol. The lowest BCUT2D eigenvalue weighted by atomic mass is 10.4. The average molecular weight is 399 g/mol. The maximum Gasteiger partial charge on any atom is 0.213 e. The van der Waals surface area contributed by atoms with Gasteiger partial charge in [0, 0.05) is 43.4 Å². The Labute approximate surface area is 161 Å². The molecular formula is C18H30N4O2S2. The van der Waals surface area contributed by atoms with Gasteiger partial charge in [-0.25, -0.2) is 12.7 Å². The number of benzene rings is 1. The highest BCUT2D eigenvalue weighted by atomic mass is 32.2. The molecule has 0 heterocycles. The Morgan fingerprint density at radius 2 is 1.96 bits per heavy atom. The number of nitrogens with zero attached hydrogens (tertiary/aromatic N) is 2. The smallest absolute Gasteiger partial charge is 0.213 e. The first kappa shape index (κ1) is 21.1. The van der Waals surface area contributed by atoms with Gasteiger partial charge in [0.15, 0.2) is 5.96 Å². The van der Waals surface area contributed by atoms with E-state index in [-0.39, 0.29) is 10.5 Å². The summed E-state index contributed by atoms with van der Waals surface area (Å²) in [4.78, 5) is 5.56. The lowest BCUT2D eigenvalue weighted by Gasteiger charge is -2.19. The molecule has 0 unspecified atom stereocenters. The van der Waals surface area contributed by atoms with Crippen molar-refractivity contribution in [1.82, 2.24) is 14.9 Å². The number of rotatable bonds is 10. The summed E-state index contributed by atoms with van der Waals surface area (Å²) in [6.07, 6.45) is 3.15. The highest BCUT2D eigenvalue weighted by Crippen LogP contribution is 2.51. The van der Waals surface area contributed by atoms with Crippen molar-refractivity contribution in [3.05, 3.63) is 30.3 Å². The van der Waals surface area contributed by atoms with Gasteiger partial charge in [-0.05, 0) is 38.3 Å². The van der Waals surface area contributed by atoms with Crippen LogP contribution in [0, 0.1) is 0 Å². The predicted molar refractivity (Wildman–Crippen MR) is 110 cm³/mol. The molecule has 8 heteroatoms. The van der Waals surface area contributed by atoms with Crippen LogP contribution >= 0.6 is 11.8 Å². The molecule has 0 atom stereocenters. The van der Waals surface area contributed by atoms with Crippen LogP contribution < -0.4 is 10.6 Å². The lowest BCUT2D eigenvalue weighted by Crippen LogP contribution is -2.42. The predicted octanol–water partition coefficient (Wildman–Crippen LogP) is 2.15. The Morgan fingerprint density at radius 1 is 1.27 bits per heavy atom. The van der Waals surface area contributed by atoms with E-state index >= 15 is 0 Å². The Morgan fingerprint density at radius 3 is 2.54 bits per heavy atom. The van der Waals surface area contributed by atoms with Crippen LogP contribution in [0.5, 0.6) is 0 Å². The third-order valence-electron chi connectivity index (χ3n) is 4.47. The van der Waals surface area contributed by atoms with E-state index < -0.39 is 10.0 Å². The molecule has 26 heavy (non-hydrogen) atoms. The van der Waals surface area contributed by atoms with Gasteiger partial charge in [-0.15, -0.1) is 11.8 Å². The van der Waals surface area contributed by atoms with E-state index in [9.17, 15) is 8.42 Å². The third-order valence-corrected chi connectivity index (χ3v) is 7.82. The molecule has 1 aliphatic carbocycles. The maximum atomic E-state index is 11.7. The number of thioether (sulfide) groups is 1. The number of sulfonamides is 1. The Kier molecular flexibility index (Phi) is 7.79. The molecule has 0 spiro atoms. The van der Waals surface area contributed by atoms with Crippen LogP contribution in [0.2, 0.25) is 0 Å². The van der Waals surface area contributed by atoms with Gasteiger partial charge < -0.3 is 10.6 Å². The zero-order valence-corrected chi connectivity index (χ0v) is 17.5. The van der Waals surface area contributed by atoms with Crippen LogP contribution in [0.3, 0.4) is 0 Å². The summed E-state index contributed by atoms with van der Waals surface area (Å²) < 4.78 is 25.1. The van der Waals surface area contributed by atoms with Gasteiger partial charge >= 0.3 is 0 Å². The van der Waals surface area contributed by atoms with Crippen LogP contribution in [-0.2, 0) is 10.0 Å². The first-order valence-electron chi connectivity index (χ1n) is 9.03. The number of hydrogen-bond donors (Lipinski definition) is 2. The number of hydrogen-bond acceptors (Lipinski definition) is 4. The zero-order valence-electron chi connectivity index (χ0n) is 15.9. The molecule has 1 aromatic rings. The summed E-state index contributed by atoms with van der Waals surface area (Å²) in [5.41, 5.74) is 0. The van der Waals surface area contributed by atoms with Gasteiger partial charge in [0.2, 0.25) is 10.0 Å². The van der Waals surface area contributed by atoms with E-state index in [4.69, 9.17) is 0 Å². The first-order valence-corrected chi connectivity index (χ1v) is 11.5. The van der Waals surface area contributed by atoms with Crippen LogP contribution in [0.25, 0.3) is 0 Å². The fourth-order valence-corrected chi connectivity index (χ4v) is 4.62. The van der Waals surface area contributed by atoms with E-state index in [0.29, 0.717) is 13.1 Å².